The second-order valence-corrected chi connectivity index (χ2v) is 6.69. The normalized spacial score (nSPS) is 24.5. The number of nitrogens with one attached hydrogen (secondary N) is 1. The molecule has 2 aliphatic rings. The maximum Gasteiger partial charge on any atom is 0.234 e. The zero-order valence-corrected chi connectivity index (χ0v) is 12.9. The van der Waals surface area contributed by atoms with E-state index in [2.05, 4.69) is 17.1 Å². The number of hydrogen-bond donors (Lipinski definition) is 2. The molecule has 0 unspecified atom stereocenters. The molecule has 0 aromatic heterocycles. The molecule has 1 saturated carbocycles. The van der Waals surface area contributed by atoms with Crippen LogP contribution < -0.4 is 5.32 Å². The third kappa shape index (κ3) is 4.19. The van der Waals surface area contributed by atoms with Crippen LogP contribution in [0.3, 0.4) is 0 Å². The van der Waals surface area contributed by atoms with Crippen LogP contribution in [0.2, 0.25) is 0 Å². The lowest BCUT2D eigenvalue weighted by molar-refractivity contribution is -0.123. The molecule has 4 heteroatoms. The smallest absolute Gasteiger partial charge is 0.234 e. The number of hydrogen-bond acceptors (Lipinski definition) is 3. The molecule has 4 nitrogen and oxygen atoms in total. The van der Waals surface area contributed by atoms with Crippen LogP contribution in [0.4, 0.5) is 0 Å². The highest BCUT2D eigenvalue weighted by molar-refractivity contribution is 5.78. The Balaban J connectivity index is 1.70. The van der Waals surface area contributed by atoms with E-state index in [1.807, 2.05) is 0 Å². The van der Waals surface area contributed by atoms with Crippen LogP contribution in [0.25, 0.3) is 0 Å². The molecule has 1 amide bonds. The van der Waals surface area contributed by atoms with Gasteiger partial charge in [0.05, 0.1) is 6.54 Å². The van der Waals surface area contributed by atoms with E-state index < -0.39 is 0 Å². The Morgan fingerprint density at radius 3 is 2.45 bits per heavy atom. The van der Waals surface area contributed by atoms with Gasteiger partial charge in [-0.2, -0.15) is 0 Å². The fourth-order valence-electron chi connectivity index (χ4n) is 3.53. The lowest BCUT2D eigenvalue weighted by Crippen LogP contribution is -2.47. The summed E-state index contributed by atoms with van der Waals surface area (Å²) in [6.07, 6.45) is 9.18. The molecule has 0 atom stereocenters. The Kier molecular flexibility index (Phi) is 5.85. The number of rotatable bonds is 5. The maximum atomic E-state index is 12.1. The van der Waals surface area contributed by atoms with E-state index >= 15 is 0 Å². The quantitative estimate of drug-likeness (QED) is 0.810. The SMILES string of the molecule is CCC1(CO)CCN(CC(=O)NC2CCCCC2)CC1. The molecular weight excluding hydrogens is 252 g/mol. The van der Waals surface area contributed by atoms with Gasteiger partial charge in [0.15, 0.2) is 0 Å². The number of likely N-dealkylation sites (tertiary alicyclic amines) is 1. The van der Waals surface area contributed by atoms with Crippen LogP contribution in [0, 0.1) is 5.41 Å². The summed E-state index contributed by atoms with van der Waals surface area (Å²) in [6.45, 7) is 4.84. The zero-order valence-electron chi connectivity index (χ0n) is 12.9. The summed E-state index contributed by atoms with van der Waals surface area (Å²) >= 11 is 0. The second kappa shape index (κ2) is 7.41. The molecule has 1 aliphatic heterocycles. The Bertz CT molecular complexity index is 300. The van der Waals surface area contributed by atoms with E-state index in [-0.39, 0.29) is 17.9 Å². The van der Waals surface area contributed by atoms with Gasteiger partial charge in [-0.15, -0.1) is 0 Å². The van der Waals surface area contributed by atoms with Crippen LogP contribution in [0.5, 0.6) is 0 Å². The molecule has 0 bridgehead atoms. The fraction of sp³-hybridized carbons (Fsp3) is 0.938. The predicted molar refractivity (Wildman–Crippen MR) is 80.5 cm³/mol. The van der Waals surface area contributed by atoms with E-state index in [9.17, 15) is 9.90 Å². The van der Waals surface area contributed by atoms with Crippen molar-refractivity contribution in [2.24, 2.45) is 5.41 Å². The molecular formula is C16H30N2O2. The van der Waals surface area contributed by atoms with Gasteiger partial charge >= 0.3 is 0 Å². The largest absolute Gasteiger partial charge is 0.396 e. The van der Waals surface area contributed by atoms with E-state index in [0.29, 0.717) is 12.6 Å². The molecule has 2 fully saturated rings. The first-order chi connectivity index (χ1) is 9.67. The third-order valence-electron chi connectivity index (χ3n) is 5.34. The first-order valence-corrected chi connectivity index (χ1v) is 8.30. The van der Waals surface area contributed by atoms with Gasteiger partial charge in [0.25, 0.3) is 0 Å². The predicted octanol–water partition coefficient (Wildman–Crippen LogP) is 1.92. The third-order valence-corrected chi connectivity index (χ3v) is 5.34. The number of amides is 1. The molecule has 0 radical (unpaired) electrons. The number of nitrogens with zero attached hydrogens (tertiary/aromatic N) is 1. The van der Waals surface area contributed by atoms with Gasteiger partial charge in [-0.1, -0.05) is 26.2 Å². The molecule has 0 aromatic carbocycles. The van der Waals surface area contributed by atoms with Crippen molar-refractivity contribution in [1.82, 2.24) is 10.2 Å². The van der Waals surface area contributed by atoms with Gasteiger partial charge in [0.2, 0.25) is 5.91 Å². The van der Waals surface area contributed by atoms with Crippen molar-refractivity contribution < 1.29 is 9.90 Å². The van der Waals surface area contributed by atoms with Crippen LogP contribution in [0.15, 0.2) is 0 Å². The van der Waals surface area contributed by atoms with Crippen molar-refractivity contribution in [3.8, 4) is 0 Å². The molecule has 1 heterocycles. The molecule has 0 spiro atoms. The standard InChI is InChI=1S/C16H30N2O2/c1-2-16(13-19)8-10-18(11-9-16)12-15(20)17-14-6-4-3-5-7-14/h14,19H,2-13H2,1H3,(H,17,20). The Morgan fingerprint density at radius 2 is 1.90 bits per heavy atom. The summed E-state index contributed by atoms with van der Waals surface area (Å²) in [7, 11) is 0. The van der Waals surface area contributed by atoms with Crippen LogP contribution in [0.1, 0.15) is 58.3 Å². The Morgan fingerprint density at radius 1 is 1.25 bits per heavy atom. The van der Waals surface area contributed by atoms with Crippen molar-refractivity contribution in [1.29, 1.82) is 0 Å². The van der Waals surface area contributed by atoms with E-state index in [4.69, 9.17) is 0 Å². The Hall–Kier alpha value is -0.610. The fourth-order valence-corrected chi connectivity index (χ4v) is 3.53. The number of piperidine rings is 1. The van der Waals surface area contributed by atoms with Crippen LogP contribution in [-0.4, -0.2) is 48.2 Å². The van der Waals surface area contributed by atoms with Crippen LogP contribution >= 0.6 is 0 Å². The minimum absolute atomic E-state index is 0.107. The van der Waals surface area contributed by atoms with Crippen LogP contribution in [-0.2, 0) is 4.79 Å². The number of aliphatic hydroxyl groups is 1. The molecule has 2 rings (SSSR count). The average Bonchev–Trinajstić information content (AvgIpc) is 2.49. The van der Waals surface area contributed by atoms with Gasteiger partial charge in [-0.25, -0.2) is 0 Å². The molecule has 20 heavy (non-hydrogen) atoms. The molecule has 1 saturated heterocycles. The van der Waals surface area contributed by atoms with E-state index in [1.54, 1.807) is 0 Å². The number of aliphatic hydroxyl groups excluding tert-OH is 1. The minimum Gasteiger partial charge on any atom is -0.396 e. The van der Waals surface area contributed by atoms with Crippen molar-refractivity contribution in [2.75, 3.05) is 26.2 Å². The van der Waals surface area contributed by atoms with Gasteiger partial charge < -0.3 is 10.4 Å². The van der Waals surface area contributed by atoms with Gasteiger partial charge in [0, 0.05) is 12.6 Å². The monoisotopic (exact) mass is 282 g/mol. The second-order valence-electron chi connectivity index (χ2n) is 6.69. The number of carbonyl (C=O) groups excluding carboxylic acids is 1. The van der Waals surface area contributed by atoms with Gasteiger partial charge in [-0.3, -0.25) is 9.69 Å². The maximum absolute atomic E-state index is 12.1. The summed E-state index contributed by atoms with van der Waals surface area (Å²) in [6, 6.07) is 0.410. The molecule has 1 aliphatic carbocycles. The highest BCUT2D eigenvalue weighted by atomic mass is 16.3. The topological polar surface area (TPSA) is 52.6 Å². The van der Waals surface area contributed by atoms with Crippen molar-refractivity contribution in [3.05, 3.63) is 0 Å². The average molecular weight is 282 g/mol. The molecule has 0 aromatic rings. The van der Waals surface area contributed by atoms with Crippen molar-refractivity contribution in [3.63, 3.8) is 0 Å². The lowest BCUT2D eigenvalue weighted by Gasteiger charge is -2.40. The lowest BCUT2D eigenvalue weighted by atomic mass is 9.77. The molecule has 2 N–H and O–H groups in total. The van der Waals surface area contributed by atoms with E-state index in [1.165, 1.54) is 19.3 Å². The highest BCUT2D eigenvalue weighted by Gasteiger charge is 2.32. The summed E-state index contributed by atoms with van der Waals surface area (Å²) in [5, 5.41) is 12.7. The van der Waals surface area contributed by atoms with Gasteiger partial charge in [0.1, 0.15) is 0 Å². The minimum atomic E-state index is 0.107. The first-order valence-electron chi connectivity index (χ1n) is 8.30. The Labute approximate surface area is 122 Å². The summed E-state index contributed by atoms with van der Waals surface area (Å²) < 4.78 is 0. The zero-order chi connectivity index (χ0) is 14.4. The molecule has 116 valence electrons. The summed E-state index contributed by atoms with van der Waals surface area (Å²) in [5.41, 5.74) is 0.107. The van der Waals surface area contributed by atoms with Crippen molar-refractivity contribution >= 4 is 5.91 Å². The van der Waals surface area contributed by atoms with E-state index in [0.717, 1.165) is 45.2 Å². The van der Waals surface area contributed by atoms with Gasteiger partial charge in [-0.05, 0) is 50.6 Å². The highest BCUT2D eigenvalue weighted by Crippen LogP contribution is 2.33. The first kappa shape index (κ1) is 15.8. The number of carbonyl (C=O) groups is 1. The van der Waals surface area contributed by atoms with Crippen molar-refractivity contribution in [2.45, 2.75) is 64.3 Å². The summed E-state index contributed by atoms with van der Waals surface area (Å²) in [5.74, 6) is 0.185. The summed E-state index contributed by atoms with van der Waals surface area (Å²) in [4.78, 5) is 14.3.